The molecular weight excluding hydrogens is 230 g/mol. The Balaban J connectivity index is 1.98. The molecule has 1 aromatic carbocycles. The van der Waals surface area contributed by atoms with Gasteiger partial charge in [-0.2, -0.15) is 0 Å². The molecule has 1 saturated carbocycles. The molecule has 0 unspecified atom stereocenters. The van der Waals surface area contributed by atoms with E-state index in [1.54, 1.807) is 25.1 Å². The third-order valence-electron chi connectivity index (χ3n) is 3.77. The molecule has 1 aliphatic rings. The number of nitrogens with one attached hydrogen (secondary N) is 1. The van der Waals surface area contributed by atoms with E-state index >= 15 is 0 Å². The number of phenols is 1. The van der Waals surface area contributed by atoms with Crippen molar-refractivity contribution < 1.29 is 15.0 Å². The van der Waals surface area contributed by atoms with E-state index in [2.05, 4.69) is 5.32 Å². The van der Waals surface area contributed by atoms with Gasteiger partial charge in [0.1, 0.15) is 5.75 Å². The maximum Gasteiger partial charge on any atom is 0.251 e. The zero-order chi connectivity index (χ0) is 13.2. The van der Waals surface area contributed by atoms with Crippen LogP contribution in [0.2, 0.25) is 0 Å². The lowest BCUT2D eigenvalue weighted by molar-refractivity contribution is 0.0939. The molecule has 18 heavy (non-hydrogen) atoms. The van der Waals surface area contributed by atoms with Gasteiger partial charge >= 0.3 is 0 Å². The first-order valence-electron chi connectivity index (χ1n) is 6.26. The minimum atomic E-state index is -0.160. The Morgan fingerprint density at radius 3 is 2.78 bits per heavy atom. The van der Waals surface area contributed by atoms with E-state index in [9.17, 15) is 9.90 Å². The molecule has 0 saturated heterocycles. The number of carbonyl (C=O) groups is 1. The Labute approximate surface area is 107 Å². The molecule has 0 aromatic heterocycles. The van der Waals surface area contributed by atoms with E-state index in [4.69, 9.17) is 5.11 Å². The lowest BCUT2D eigenvalue weighted by Gasteiger charge is -2.15. The topological polar surface area (TPSA) is 69.6 Å². The molecule has 1 fully saturated rings. The number of carbonyl (C=O) groups excluding carboxylic acids is 1. The van der Waals surface area contributed by atoms with Gasteiger partial charge in [-0.3, -0.25) is 4.79 Å². The summed E-state index contributed by atoms with van der Waals surface area (Å²) in [5.74, 6) is -0.0215. The van der Waals surface area contributed by atoms with E-state index in [0.717, 1.165) is 19.3 Å². The predicted octanol–water partition coefficient (Wildman–Crippen LogP) is 1.59. The summed E-state index contributed by atoms with van der Waals surface area (Å²) in [5, 5.41) is 21.4. The molecule has 4 heteroatoms. The van der Waals surface area contributed by atoms with Crippen LogP contribution in [-0.4, -0.2) is 29.3 Å². The molecule has 2 rings (SSSR count). The fraction of sp³-hybridized carbons (Fsp3) is 0.500. The van der Waals surface area contributed by atoms with Crippen LogP contribution < -0.4 is 5.32 Å². The molecule has 1 aromatic rings. The molecule has 0 heterocycles. The number of benzene rings is 1. The highest BCUT2D eigenvalue weighted by Gasteiger charge is 2.41. The SMILES string of the molecule is Cc1c(O)cccc1C(=O)NCC1(CCO)CC1. The molecule has 0 atom stereocenters. The molecular formula is C14H19NO3. The number of phenolic OH excluding ortho intramolecular Hbond substituents is 1. The lowest BCUT2D eigenvalue weighted by atomic mass is 10.0. The molecule has 4 nitrogen and oxygen atoms in total. The van der Waals surface area contributed by atoms with Crippen molar-refractivity contribution in [1.82, 2.24) is 5.32 Å². The first-order chi connectivity index (χ1) is 8.58. The fourth-order valence-electron chi connectivity index (χ4n) is 2.16. The van der Waals surface area contributed by atoms with Crippen molar-refractivity contribution >= 4 is 5.91 Å². The molecule has 1 aliphatic carbocycles. The van der Waals surface area contributed by atoms with Crippen molar-refractivity contribution in [3.63, 3.8) is 0 Å². The van der Waals surface area contributed by atoms with E-state index < -0.39 is 0 Å². The minimum absolute atomic E-state index is 0.106. The number of aliphatic hydroxyl groups excluding tert-OH is 1. The summed E-state index contributed by atoms with van der Waals surface area (Å²) in [6.07, 6.45) is 2.87. The van der Waals surface area contributed by atoms with Crippen molar-refractivity contribution in [2.75, 3.05) is 13.2 Å². The van der Waals surface area contributed by atoms with Crippen LogP contribution in [0.3, 0.4) is 0 Å². The zero-order valence-electron chi connectivity index (χ0n) is 10.6. The lowest BCUT2D eigenvalue weighted by Crippen LogP contribution is -2.31. The van der Waals surface area contributed by atoms with Gasteiger partial charge in [0.05, 0.1) is 0 Å². The number of hydrogen-bond acceptors (Lipinski definition) is 3. The molecule has 1 amide bonds. The van der Waals surface area contributed by atoms with Crippen molar-refractivity contribution in [1.29, 1.82) is 0 Å². The third-order valence-corrected chi connectivity index (χ3v) is 3.77. The average molecular weight is 249 g/mol. The molecule has 0 bridgehead atoms. The maximum atomic E-state index is 12.0. The average Bonchev–Trinajstić information content (AvgIpc) is 3.11. The van der Waals surface area contributed by atoms with Gasteiger partial charge in [0.2, 0.25) is 0 Å². The van der Waals surface area contributed by atoms with Crippen LogP contribution in [0.15, 0.2) is 18.2 Å². The van der Waals surface area contributed by atoms with Gasteiger partial charge in [-0.15, -0.1) is 0 Å². The minimum Gasteiger partial charge on any atom is -0.508 e. The summed E-state index contributed by atoms with van der Waals surface area (Å²) in [4.78, 5) is 12.0. The van der Waals surface area contributed by atoms with Crippen molar-refractivity contribution in [3.05, 3.63) is 29.3 Å². The molecule has 0 radical (unpaired) electrons. The largest absolute Gasteiger partial charge is 0.508 e. The van der Waals surface area contributed by atoms with Gasteiger partial charge in [-0.1, -0.05) is 6.07 Å². The number of amides is 1. The van der Waals surface area contributed by atoms with Gasteiger partial charge in [0, 0.05) is 24.3 Å². The van der Waals surface area contributed by atoms with Gasteiger partial charge in [-0.05, 0) is 43.7 Å². The van der Waals surface area contributed by atoms with Gasteiger partial charge in [0.15, 0.2) is 0 Å². The highest BCUT2D eigenvalue weighted by molar-refractivity contribution is 5.96. The van der Waals surface area contributed by atoms with Crippen molar-refractivity contribution in [2.45, 2.75) is 26.2 Å². The highest BCUT2D eigenvalue weighted by Crippen LogP contribution is 2.47. The van der Waals surface area contributed by atoms with Crippen molar-refractivity contribution in [3.8, 4) is 5.75 Å². The van der Waals surface area contributed by atoms with Crippen LogP contribution in [0.25, 0.3) is 0 Å². The van der Waals surface area contributed by atoms with Gasteiger partial charge in [-0.25, -0.2) is 0 Å². The zero-order valence-corrected chi connectivity index (χ0v) is 10.6. The van der Waals surface area contributed by atoms with Crippen LogP contribution in [-0.2, 0) is 0 Å². The monoisotopic (exact) mass is 249 g/mol. The summed E-state index contributed by atoms with van der Waals surface area (Å²) >= 11 is 0. The van der Waals surface area contributed by atoms with Crippen molar-refractivity contribution in [2.24, 2.45) is 5.41 Å². The van der Waals surface area contributed by atoms with E-state index in [1.165, 1.54) is 0 Å². The molecule has 98 valence electrons. The highest BCUT2D eigenvalue weighted by atomic mass is 16.3. The Hall–Kier alpha value is -1.55. The molecule has 3 N–H and O–H groups in total. The second kappa shape index (κ2) is 4.98. The first kappa shape index (κ1) is 12.9. The Kier molecular flexibility index (Phi) is 3.57. The van der Waals surface area contributed by atoms with Crippen LogP contribution in [0.5, 0.6) is 5.75 Å². The third kappa shape index (κ3) is 2.64. The Bertz CT molecular complexity index is 452. The first-order valence-corrected chi connectivity index (χ1v) is 6.26. The standard InChI is InChI=1S/C14H19NO3/c1-10-11(3-2-4-12(10)17)13(18)15-9-14(5-6-14)7-8-16/h2-4,16-17H,5-9H2,1H3,(H,15,18). The van der Waals surface area contributed by atoms with Crippen LogP contribution >= 0.6 is 0 Å². The summed E-state index contributed by atoms with van der Waals surface area (Å²) in [5.41, 5.74) is 1.21. The second-order valence-corrected chi connectivity index (χ2v) is 5.11. The van der Waals surface area contributed by atoms with Crippen LogP contribution in [0.1, 0.15) is 35.2 Å². The number of hydrogen-bond donors (Lipinski definition) is 3. The normalized spacial score (nSPS) is 16.3. The summed E-state index contributed by atoms with van der Waals surface area (Å²) in [7, 11) is 0. The predicted molar refractivity (Wildman–Crippen MR) is 68.5 cm³/mol. The quantitative estimate of drug-likeness (QED) is 0.742. The van der Waals surface area contributed by atoms with Crippen LogP contribution in [0.4, 0.5) is 0 Å². The summed E-state index contributed by atoms with van der Waals surface area (Å²) in [6.45, 7) is 2.49. The number of aliphatic hydroxyl groups is 1. The Morgan fingerprint density at radius 1 is 1.44 bits per heavy atom. The van der Waals surface area contributed by atoms with Gasteiger partial charge in [0.25, 0.3) is 5.91 Å². The Morgan fingerprint density at radius 2 is 2.17 bits per heavy atom. The molecule has 0 aliphatic heterocycles. The van der Waals surface area contributed by atoms with E-state index in [1.807, 2.05) is 0 Å². The summed E-state index contributed by atoms with van der Waals surface area (Å²) < 4.78 is 0. The smallest absolute Gasteiger partial charge is 0.251 e. The fourth-order valence-corrected chi connectivity index (χ4v) is 2.16. The summed E-state index contributed by atoms with van der Waals surface area (Å²) in [6, 6.07) is 4.94. The van der Waals surface area contributed by atoms with E-state index in [0.29, 0.717) is 17.7 Å². The van der Waals surface area contributed by atoms with E-state index in [-0.39, 0.29) is 23.7 Å². The second-order valence-electron chi connectivity index (χ2n) is 5.11. The number of aromatic hydroxyl groups is 1. The van der Waals surface area contributed by atoms with Gasteiger partial charge < -0.3 is 15.5 Å². The maximum absolute atomic E-state index is 12.0. The van der Waals surface area contributed by atoms with Crippen LogP contribution in [0, 0.1) is 12.3 Å². The number of rotatable bonds is 5. The molecule has 0 spiro atoms.